The van der Waals surface area contributed by atoms with Gasteiger partial charge in [0.25, 0.3) is 0 Å². The van der Waals surface area contributed by atoms with Crippen LogP contribution in [0, 0.1) is 0 Å². The van der Waals surface area contributed by atoms with Crippen molar-refractivity contribution in [1.82, 2.24) is 4.98 Å². The van der Waals surface area contributed by atoms with E-state index in [2.05, 4.69) is 16.1 Å². The number of thioether (sulfide) groups is 1. The molecule has 0 amide bonds. The van der Waals surface area contributed by atoms with Crippen LogP contribution in [0.5, 0.6) is 0 Å². The number of piperidine rings is 1. The molecule has 1 aromatic heterocycles. The lowest BCUT2D eigenvalue weighted by Gasteiger charge is -2.32. The Morgan fingerprint density at radius 2 is 2.18 bits per heavy atom. The smallest absolute Gasteiger partial charge is 0.128 e. The van der Waals surface area contributed by atoms with Gasteiger partial charge in [0.15, 0.2) is 0 Å². The highest BCUT2D eigenvalue weighted by molar-refractivity contribution is 7.99. The Kier molecular flexibility index (Phi) is 4.29. The Hall–Kier alpha value is -0.740. The third-order valence-electron chi connectivity index (χ3n) is 3.35. The van der Waals surface area contributed by atoms with Crippen LogP contribution in [0.1, 0.15) is 31.4 Å². The van der Waals surface area contributed by atoms with Gasteiger partial charge < -0.3 is 10.0 Å². The lowest BCUT2D eigenvalue weighted by Crippen LogP contribution is -2.35. The maximum Gasteiger partial charge on any atom is 0.128 e. The van der Waals surface area contributed by atoms with Crippen LogP contribution >= 0.6 is 11.8 Å². The topological polar surface area (TPSA) is 36.4 Å². The molecule has 1 saturated heterocycles. The predicted octanol–water partition coefficient (Wildman–Crippen LogP) is 2.47. The van der Waals surface area contributed by atoms with Gasteiger partial charge in [0.05, 0.1) is 6.10 Å². The fraction of sp³-hybridized carbons (Fsp3) is 0.615. The monoisotopic (exact) mass is 252 g/mol. The van der Waals surface area contributed by atoms with Crippen LogP contribution in [0.2, 0.25) is 0 Å². The van der Waals surface area contributed by atoms with Crippen LogP contribution in [0.25, 0.3) is 0 Å². The molecule has 0 aromatic carbocycles. The molecule has 1 unspecified atom stereocenters. The molecule has 1 aliphatic heterocycles. The largest absolute Gasteiger partial charge is 0.389 e. The second kappa shape index (κ2) is 5.74. The van der Waals surface area contributed by atoms with Gasteiger partial charge in [0.2, 0.25) is 0 Å². The quantitative estimate of drug-likeness (QED) is 0.896. The summed E-state index contributed by atoms with van der Waals surface area (Å²) in [6, 6.07) is 3.88. The van der Waals surface area contributed by atoms with E-state index in [0.29, 0.717) is 0 Å². The van der Waals surface area contributed by atoms with Gasteiger partial charge >= 0.3 is 0 Å². The fourth-order valence-corrected chi connectivity index (χ4v) is 2.87. The molecule has 0 saturated carbocycles. The van der Waals surface area contributed by atoms with Gasteiger partial charge in [-0.15, -0.1) is 0 Å². The van der Waals surface area contributed by atoms with Crippen molar-refractivity contribution in [1.29, 1.82) is 0 Å². The highest BCUT2D eigenvalue weighted by Gasteiger charge is 2.19. The molecule has 2 heterocycles. The molecule has 1 aromatic rings. The number of hydrogen-bond donors (Lipinski definition) is 1. The number of nitrogens with zero attached hydrogens (tertiary/aromatic N) is 2. The van der Waals surface area contributed by atoms with Crippen molar-refractivity contribution in [2.24, 2.45) is 0 Å². The summed E-state index contributed by atoms with van der Waals surface area (Å²) < 4.78 is 0. The van der Waals surface area contributed by atoms with E-state index in [9.17, 15) is 5.11 Å². The number of aliphatic hydroxyl groups excluding tert-OH is 1. The Bertz CT molecular complexity index is 362. The first-order chi connectivity index (χ1) is 8.20. The molecule has 94 valence electrons. The first kappa shape index (κ1) is 12.7. The van der Waals surface area contributed by atoms with E-state index >= 15 is 0 Å². The Morgan fingerprint density at radius 3 is 2.76 bits per heavy atom. The zero-order valence-corrected chi connectivity index (χ0v) is 11.3. The summed E-state index contributed by atoms with van der Waals surface area (Å²) in [5.41, 5.74) is 0.946. The number of rotatable bonds is 3. The molecule has 1 N–H and O–H groups in total. The van der Waals surface area contributed by atoms with Crippen molar-refractivity contribution in [2.75, 3.05) is 24.2 Å². The highest BCUT2D eigenvalue weighted by Crippen LogP contribution is 2.25. The Balaban J connectivity index is 2.05. The highest BCUT2D eigenvalue weighted by atomic mass is 32.2. The molecule has 0 radical (unpaired) electrons. The average Bonchev–Trinajstić information content (AvgIpc) is 2.39. The molecule has 0 bridgehead atoms. The number of hydrogen-bond acceptors (Lipinski definition) is 4. The number of anilines is 1. The van der Waals surface area contributed by atoms with Gasteiger partial charge in [0.1, 0.15) is 5.82 Å². The predicted molar refractivity (Wildman–Crippen MR) is 73.6 cm³/mol. The normalized spacial score (nSPS) is 19.4. The van der Waals surface area contributed by atoms with Gasteiger partial charge in [-0.25, -0.2) is 4.98 Å². The van der Waals surface area contributed by atoms with Gasteiger partial charge in [0, 0.05) is 24.5 Å². The van der Waals surface area contributed by atoms with Crippen LogP contribution in [0.3, 0.4) is 0 Å². The van der Waals surface area contributed by atoms with Gasteiger partial charge in [-0.3, -0.25) is 0 Å². The standard InChI is InChI=1S/C13H20N2OS/c1-10(16)11-3-6-14-13(9-11)15-7-4-12(17-2)5-8-15/h3,6,9-10,12,16H,4-5,7-8H2,1-2H3. The maximum atomic E-state index is 9.58. The van der Waals surface area contributed by atoms with Crippen molar-refractivity contribution in [3.05, 3.63) is 23.9 Å². The summed E-state index contributed by atoms with van der Waals surface area (Å²) in [6.07, 6.45) is 6.01. The molecule has 4 heteroatoms. The van der Waals surface area contributed by atoms with Gasteiger partial charge in [-0.05, 0) is 43.7 Å². The van der Waals surface area contributed by atoms with Crippen molar-refractivity contribution >= 4 is 17.6 Å². The minimum atomic E-state index is -0.416. The van der Waals surface area contributed by atoms with Crippen LogP contribution in [0.4, 0.5) is 5.82 Å². The fourth-order valence-electron chi connectivity index (χ4n) is 2.19. The van der Waals surface area contributed by atoms with Crippen LogP contribution in [-0.4, -0.2) is 34.7 Å². The average molecular weight is 252 g/mol. The maximum absolute atomic E-state index is 9.58. The van der Waals surface area contributed by atoms with E-state index < -0.39 is 6.10 Å². The van der Waals surface area contributed by atoms with E-state index in [1.54, 1.807) is 13.1 Å². The second-order valence-corrected chi connectivity index (χ2v) is 5.68. The summed E-state index contributed by atoms with van der Waals surface area (Å²) in [5.74, 6) is 1.00. The third-order valence-corrected chi connectivity index (χ3v) is 4.49. The zero-order valence-electron chi connectivity index (χ0n) is 10.5. The second-order valence-electron chi connectivity index (χ2n) is 4.55. The zero-order chi connectivity index (χ0) is 12.3. The van der Waals surface area contributed by atoms with Crippen LogP contribution in [0.15, 0.2) is 18.3 Å². The Labute approximate surface area is 107 Å². The molecule has 17 heavy (non-hydrogen) atoms. The molecular formula is C13H20N2OS. The first-order valence-electron chi connectivity index (χ1n) is 6.12. The van der Waals surface area contributed by atoms with Crippen LogP contribution < -0.4 is 4.90 Å². The van der Waals surface area contributed by atoms with E-state index in [1.807, 2.05) is 23.9 Å². The van der Waals surface area contributed by atoms with E-state index in [1.165, 1.54) is 12.8 Å². The molecule has 1 aliphatic rings. The molecule has 3 nitrogen and oxygen atoms in total. The number of aliphatic hydroxyl groups is 1. The lowest BCUT2D eigenvalue weighted by atomic mass is 10.1. The first-order valence-corrected chi connectivity index (χ1v) is 7.41. The van der Waals surface area contributed by atoms with E-state index in [0.717, 1.165) is 29.7 Å². The summed E-state index contributed by atoms with van der Waals surface area (Å²) in [6.45, 7) is 3.93. The minimum absolute atomic E-state index is 0.416. The summed E-state index contributed by atoms with van der Waals surface area (Å²) in [4.78, 5) is 6.72. The third kappa shape index (κ3) is 3.13. The molecule has 2 rings (SSSR count). The van der Waals surface area contributed by atoms with E-state index in [4.69, 9.17) is 0 Å². The lowest BCUT2D eigenvalue weighted by molar-refractivity contribution is 0.199. The van der Waals surface area contributed by atoms with Gasteiger partial charge in [-0.1, -0.05) is 0 Å². The van der Waals surface area contributed by atoms with Gasteiger partial charge in [-0.2, -0.15) is 11.8 Å². The van der Waals surface area contributed by atoms with Crippen molar-refractivity contribution in [3.63, 3.8) is 0 Å². The number of pyridine rings is 1. The Morgan fingerprint density at radius 1 is 1.47 bits per heavy atom. The van der Waals surface area contributed by atoms with Crippen molar-refractivity contribution < 1.29 is 5.11 Å². The molecule has 0 spiro atoms. The molecule has 0 aliphatic carbocycles. The summed E-state index contributed by atoms with van der Waals surface area (Å²) in [7, 11) is 0. The molecule has 1 atom stereocenters. The molecule has 1 fully saturated rings. The summed E-state index contributed by atoms with van der Waals surface area (Å²) in [5, 5.41) is 10.4. The minimum Gasteiger partial charge on any atom is -0.389 e. The molecular weight excluding hydrogens is 232 g/mol. The SMILES string of the molecule is CSC1CCN(c2cc(C(C)O)ccn2)CC1. The van der Waals surface area contributed by atoms with Crippen molar-refractivity contribution in [2.45, 2.75) is 31.1 Å². The number of aromatic nitrogens is 1. The van der Waals surface area contributed by atoms with Crippen LogP contribution in [-0.2, 0) is 0 Å². The van der Waals surface area contributed by atoms with E-state index in [-0.39, 0.29) is 0 Å². The van der Waals surface area contributed by atoms with Crippen molar-refractivity contribution in [3.8, 4) is 0 Å². The summed E-state index contributed by atoms with van der Waals surface area (Å²) >= 11 is 1.96.